The summed E-state index contributed by atoms with van der Waals surface area (Å²) in [7, 11) is -11.0. The van der Waals surface area contributed by atoms with Crippen LogP contribution >= 0.6 is 15.6 Å². The summed E-state index contributed by atoms with van der Waals surface area (Å²) in [5.41, 5.74) is 4.56. The Labute approximate surface area is 438 Å². The van der Waals surface area contributed by atoms with E-state index in [4.69, 9.17) is 29.0 Å². The van der Waals surface area contributed by atoms with Crippen LogP contribution in [0.1, 0.15) is 187 Å². The highest BCUT2D eigenvalue weighted by Gasteiger charge is 2.46. The molecule has 0 spiro atoms. The van der Waals surface area contributed by atoms with Crippen molar-refractivity contribution < 1.29 is 76.5 Å². The summed E-state index contributed by atoms with van der Waals surface area (Å²) in [5, 5.41) is 41.9. The monoisotopic (exact) mass is 1090 g/mol. The molecular formula is C52H89N3O17P2. The third-order valence-corrected chi connectivity index (χ3v) is 14.7. The molecule has 2 rings (SSSR count). The maximum Gasteiger partial charge on any atom is 0.481 e. The Bertz CT molecular complexity index is 1970. The molecule has 9 atom stereocenters. The van der Waals surface area contributed by atoms with Crippen molar-refractivity contribution in [3.05, 3.63) is 71.4 Å². The van der Waals surface area contributed by atoms with E-state index in [9.17, 15) is 53.7 Å². The molecule has 0 bridgehead atoms. The summed E-state index contributed by atoms with van der Waals surface area (Å²) in [6.45, 7) is 1.85. The maximum atomic E-state index is 12.9. The van der Waals surface area contributed by atoms with Crippen LogP contribution in [-0.2, 0) is 46.3 Å². The Morgan fingerprint density at radius 3 is 1.86 bits per heavy atom. The van der Waals surface area contributed by atoms with Gasteiger partial charge in [-0.2, -0.15) is 9.29 Å². The van der Waals surface area contributed by atoms with Gasteiger partial charge in [-0.1, -0.05) is 140 Å². The minimum absolute atomic E-state index is 0.0343. The molecule has 4 unspecified atom stereocenters. The fourth-order valence-corrected chi connectivity index (χ4v) is 9.87. The van der Waals surface area contributed by atoms with Crippen LogP contribution in [0.3, 0.4) is 0 Å². The first-order valence-corrected chi connectivity index (χ1v) is 29.8. The van der Waals surface area contributed by atoms with E-state index in [1.54, 1.807) is 6.08 Å². The predicted octanol–water partition coefficient (Wildman–Crippen LogP) is 9.28. The molecule has 74 heavy (non-hydrogen) atoms. The summed E-state index contributed by atoms with van der Waals surface area (Å²) < 4.78 is 56.6. The number of hydrogen-bond acceptors (Lipinski definition) is 17. The molecule has 1 aromatic heterocycles. The lowest BCUT2D eigenvalue weighted by atomic mass is 10.0. The zero-order chi connectivity index (χ0) is 54.5. The van der Waals surface area contributed by atoms with E-state index in [1.165, 1.54) is 63.9 Å². The summed E-state index contributed by atoms with van der Waals surface area (Å²) >= 11 is 0. The molecule has 2 heterocycles. The third-order valence-electron chi connectivity index (χ3n) is 12.1. The highest BCUT2D eigenvalue weighted by Crippen LogP contribution is 2.60. The second-order valence-corrected chi connectivity index (χ2v) is 21.7. The molecule has 0 amide bonds. The number of unbranched alkanes of at least 4 members (excludes halogenated alkanes) is 16. The van der Waals surface area contributed by atoms with E-state index >= 15 is 0 Å². The summed E-state index contributed by atoms with van der Waals surface area (Å²) in [6, 6.07) is 1.23. The molecule has 0 aliphatic carbocycles. The number of carbonyl (C=O) groups is 2. The van der Waals surface area contributed by atoms with Crippen LogP contribution in [0.2, 0.25) is 0 Å². The lowest BCUT2D eigenvalue weighted by Gasteiger charge is -2.22. The fraction of sp³-hybridized carbons (Fsp3) is 0.731. The molecule has 424 valence electrons. The number of nitrogens with zero attached hydrogens (tertiary/aromatic N) is 2. The molecule has 0 radical (unpaired) electrons. The number of anilines is 1. The molecule has 20 nitrogen and oxygen atoms in total. The van der Waals surface area contributed by atoms with Crippen molar-refractivity contribution in [1.29, 1.82) is 0 Å². The van der Waals surface area contributed by atoms with Crippen LogP contribution in [-0.4, -0.2) is 108 Å². The number of phosphoric acid groups is 2. The van der Waals surface area contributed by atoms with Gasteiger partial charge in [-0.25, -0.2) is 13.9 Å². The van der Waals surface area contributed by atoms with Gasteiger partial charge in [-0.05, 0) is 83.1 Å². The van der Waals surface area contributed by atoms with Crippen molar-refractivity contribution in [2.45, 2.75) is 224 Å². The average Bonchev–Trinajstić information content (AvgIpc) is 3.63. The number of hydrogen-bond donors (Lipinski definition) is 7. The number of aliphatic hydroxyl groups excluding tert-OH is 4. The van der Waals surface area contributed by atoms with Crippen molar-refractivity contribution in [1.82, 2.24) is 9.55 Å². The smallest absolute Gasteiger partial charge is 0.462 e. The number of aliphatic hydroxyl groups is 4. The quantitative estimate of drug-likeness (QED) is 0.0138. The van der Waals surface area contributed by atoms with Gasteiger partial charge in [0, 0.05) is 19.0 Å². The maximum absolute atomic E-state index is 12.9. The van der Waals surface area contributed by atoms with E-state index in [1.807, 2.05) is 12.2 Å². The predicted molar refractivity (Wildman–Crippen MR) is 282 cm³/mol. The number of nitrogens with two attached hydrogens (primary N) is 1. The fourth-order valence-electron chi connectivity index (χ4n) is 7.76. The van der Waals surface area contributed by atoms with Gasteiger partial charge >= 0.3 is 33.3 Å². The summed E-state index contributed by atoms with van der Waals surface area (Å²) in [6.07, 6.45) is 30.5. The van der Waals surface area contributed by atoms with Gasteiger partial charge in [-0.15, -0.1) is 0 Å². The van der Waals surface area contributed by atoms with Crippen molar-refractivity contribution >= 4 is 33.4 Å². The second kappa shape index (κ2) is 39.9. The van der Waals surface area contributed by atoms with E-state index in [0.717, 1.165) is 75.0 Å². The van der Waals surface area contributed by atoms with Gasteiger partial charge in [-0.3, -0.25) is 23.2 Å². The summed E-state index contributed by atoms with van der Waals surface area (Å²) in [5.74, 6) is -1.60. The van der Waals surface area contributed by atoms with Crippen LogP contribution in [0.5, 0.6) is 0 Å². The zero-order valence-electron chi connectivity index (χ0n) is 43.9. The molecule has 22 heteroatoms. The standard InChI is InChI=1S/C52H89N3O17P2/c1-3-5-7-9-11-13-15-17-18-19-20-21-23-25-27-29-31-35-47(58)67-39-42(70-48(59)36-32-34-44(57)43(56)33-30-28-26-24-22-16-14-12-10-8-6-4-2)40-68-73(63,64)72-74(65,66)69-41-45-49(60)50(61)51(71-45)55-38-37-46(53)54-52(55)62/h12,14,17-18,22,24,28,30,37-38,42-45,49-51,56-57,60-61H,3-11,13,15-16,19-21,23,25-27,29,31-36,39-41H2,1-2H3,(H,63,64)(H,65,66)(H2,53,54,62)/b14-12-,18-17-,24-22-,30-28-/t42-,43?,44?,45-,49-,50-,51-/m1/s1. The van der Waals surface area contributed by atoms with Gasteiger partial charge in [0.2, 0.25) is 0 Å². The molecule has 0 saturated carbocycles. The number of carbonyl (C=O) groups excluding carboxylic acids is 2. The molecule has 1 aliphatic heterocycles. The number of nitrogen functional groups attached to an aromatic ring is 1. The number of rotatable bonds is 44. The highest BCUT2D eigenvalue weighted by atomic mass is 31.3. The highest BCUT2D eigenvalue weighted by molar-refractivity contribution is 7.61. The van der Waals surface area contributed by atoms with Crippen LogP contribution in [0.15, 0.2) is 65.7 Å². The van der Waals surface area contributed by atoms with Crippen LogP contribution in [0.4, 0.5) is 5.82 Å². The Morgan fingerprint density at radius 1 is 0.703 bits per heavy atom. The van der Waals surface area contributed by atoms with Gasteiger partial charge in [0.1, 0.15) is 30.7 Å². The second-order valence-electron chi connectivity index (χ2n) is 18.7. The van der Waals surface area contributed by atoms with Crippen LogP contribution in [0, 0.1) is 0 Å². The van der Waals surface area contributed by atoms with E-state index in [-0.39, 0.29) is 37.9 Å². The Morgan fingerprint density at radius 2 is 1.23 bits per heavy atom. The number of ether oxygens (including phenoxy) is 3. The largest absolute Gasteiger partial charge is 0.481 e. The SMILES string of the molecule is CCCCC/C=C\C/C=C\C/C=C\CC(O)C(O)CCCC(=O)O[C@H](COC(=O)CCCCCCCCC/C=C\CCCCCCCC)COP(=O)(O)OP(=O)(O)OC[C@H]1O[C@@H](n2ccc(N)nc2=O)[C@H](O)[C@@H]1O. The van der Waals surface area contributed by atoms with Crippen LogP contribution in [0.25, 0.3) is 0 Å². The third kappa shape index (κ3) is 31.6. The van der Waals surface area contributed by atoms with Gasteiger partial charge in [0.15, 0.2) is 12.3 Å². The topological polar surface area (TPSA) is 306 Å². The lowest BCUT2D eigenvalue weighted by Crippen LogP contribution is -2.36. The average molecular weight is 1090 g/mol. The van der Waals surface area contributed by atoms with Gasteiger partial charge < -0.3 is 50.2 Å². The van der Waals surface area contributed by atoms with E-state index < -0.39 is 95.9 Å². The normalized spacial score (nSPS) is 20.1. The number of esters is 2. The number of phosphoric ester groups is 2. The van der Waals surface area contributed by atoms with E-state index in [0.29, 0.717) is 12.8 Å². The molecule has 1 aromatic rings. The van der Waals surface area contributed by atoms with Crippen molar-refractivity contribution in [2.24, 2.45) is 0 Å². The Kier molecular flexibility index (Phi) is 36.0. The Balaban J connectivity index is 1.85. The van der Waals surface area contributed by atoms with Gasteiger partial charge in [0.25, 0.3) is 0 Å². The van der Waals surface area contributed by atoms with Crippen molar-refractivity contribution in [2.75, 3.05) is 25.6 Å². The minimum atomic E-state index is -5.50. The molecule has 1 saturated heterocycles. The van der Waals surface area contributed by atoms with Crippen molar-refractivity contribution in [3.8, 4) is 0 Å². The van der Waals surface area contributed by atoms with Gasteiger partial charge in [0.05, 0.1) is 25.4 Å². The molecule has 1 fully saturated rings. The van der Waals surface area contributed by atoms with Crippen LogP contribution < -0.4 is 11.4 Å². The molecule has 1 aliphatic rings. The minimum Gasteiger partial charge on any atom is -0.462 e. The lowest BCUT2D eigenvalue weighted by molar-refractivity contribution is -0.161. The first-order chi connectivity index (χ1) is 35.5. The molecular weight excluding hydrogens is 1000 g/mol. The first-order valence-electron chi connectivity index (χ1n) is 26.8. The molecule has 8 N–H and O–H groups in total. The zero-order valence-corrected chi connectivity index (χ0v) is 45.7. The summed E-state index contributed by atoms with van der Waals surface area (Å²) in [4.78, 5) is 62.0. The molecule has 0 aromatic carbocycles. The van der Waals surface area contributed by atoms with E-state index in [2.05, 4.69) is 53.5 Å². The number of allylic oxidation sites excluding steroid dienone is 7. The number of aromatic nitrogens is 2. The Hall–Kier alpha value is -3.36. The van der Waals surface area contributed by atoms with Crippen molar-refractivity contribution in [3.63, 3.8) is 0 Å². The first kappa shape index (κ1) is 66.8.